The van der Waals surface area contributed by atoms with Crippen LogP contribution in [0.25, 0.3) is 0 Å². The van der Waals surface area contributed by atoms with Crippen LogP contribution in [0.15, 0.2) is 18.2 Å². The minimum atomic E-state index is 1.07. The predicted octanol–water partition coefficient (Wildman–Crippen LogP) is -1.25. The molecule has 0 spiro atoms. The molecule has 68 valence electrons. The van der Waals surface area contributed by atoms with Gasteiger partial charge in [0.25, 0.3) is 0 Å². The molecule has 1 aromatic rings. The highest BCUT2D eigenvalue weighted by Gasteiger charge is 2.10. The van der Waals surface area contributed by atoms with Gasteiger partial charge < -0.3 is 10.2 Å². The molecule has 1 aromatic heterocycles. The van der Waals surface area contributed by atoms with Crippen molar-refractivity contribution in [3.05, 3.63) is 18.2 Å². The summed E-state index contributed by atoms with van der Waals surface area (Å²) in [6, 6.07) is 6.18. The topological polar surface area (TPSA) is 28.2 Å². The van der Waals surface area contributed by atoms with E-state index in [9.17, 15) is 0 Å². The Hall–Kier alpha value is -1.03. The molecule has 0 atom stereocenters. The fourth-order valence-corrected chi connectivity index (χ4v) is 1.60. The molecule has 1 N–H and O–H groups in total. The van der Waals surface area contributed by atoms with E-state index in [2.05, 4.69) is 27.3 Å². The van der Waals surface area contributed by atoms with Crippen molar-refractivity contribution in [1.82, 2.24) is 10.3 Å². The van der Waals surface area contributed by atoms with Crippen molar-refractivity contribution < 1.29 is 0 Å². The fraction of sp³-hybridized carbons (Fsp3) is 0.444. The molecule has 1 aliphatic heterocycles. The molecule has 3 nitrogen and oxygen atoms in total. The summed E-state index contributed by atoms with van der Waals surface area (Å²) in [7, 11) is 2.03. The van der Waals surface area contributed by atoms with Gasteiger partial charge in [0.05, 0.1) is 0 Å². The van der Waals surface area contributed by atoms with Crippen LogP contribution >= 0.6 is 0 Å². The number of nitrogens with one attached hydrogen (secondary N) is 1. The van der Waals surface area contributed by atoms with Crippen molar-refractivity contribution in [1.29, 1.82) is 0 Å². The lowest BCUT2D eigenvalue weighted by Crippen LogP contribution is -2.44. The van der Waals surface area contributed by atoms with Crippen LogP contribution in [0.2, 0.25) is 0 Å². The summed E-state index contributed by atoms with van der Waals surface area (Å²) in [6.07, 6.45) is 0. The summed E-state index contributed by atoms with van der Waals surface area (Å²) in [5.41, 5.74) is 1.09. The van der Waals surface area contributed by atoms with E-state index in [-0.39, 0.29) is 0 Å². The van der Waals surface area contributed by atoms with E-state index in [0.717, 1.165) is 37.6 Å². The lowest BCUT2D eigenvalue weighted by atomic mass is 10.0. The predicted molar refractivity (Wildman–Crippen MR) is 57.5 cm³/mol. The highest BCUT2D eigenvalue weighted by Crippen LogP contribution is 2.07. The Morgan fingerprint density at radius 3 is 2.77 bits per heavy atom. The maximum absolute atomic E-state index is 4.50. The smallest absolute Gasteiger partial charge is 0.164 e. The molecule has 0 radical (unpaired) electrons. The van der Waals surface area contributed by atoms with Crippen LogP contribution in [0.4, 0.5) is 5.82 Å². The average molecular weight is 175 g/mol. The second-order valence-corrected chi connectivity index (χ2v) is 3.37. The number of pyridine rings is 1. The van der Waals surface area contributed by atoms with Crippen molar-refractivity contribution in [3.63, 3.8) is 0 Å². The summed E-state index contributed by atoms with van der Waals surface area (Å²) in [4.78, 5) is 6.82. The second kappa shape index (κ2) is 3.79. The van der Waals surface area contributed by atoms with Crippen LogP contribution in [-0.4, -0.2) is 39.0 Å². The first-order valence-electron chi connectivity index (χ1n) is 4.75. The molecule has 0 saturated carbocycles. The summed E-state index contributed by atoms with van der Waals surface area (Å²) >= 11 is 0. The van der Waals surface area contributed by atoms with Crippen molar-refractivity contribution in [2.24, 2.45) is 0 Å². The Kier molecular flexibility index (Phi) is 2.50. The summed E-state index contributed by atoms with van der Waals surface area (Å²) in [6.45, 7) is 4.26. The molecule has 2 rings (SSSR count). The summed E-state index contributed by atoms with van der Waals surface area (Å²) in [5, 5.41) is 3.33. The van der Waals surface area contributed by atoms with E-state index < -0.39 is 0 Å². The molecule has 0 aliphatic carbocycles. The van der Waals surface area contributed by atoms with Gasteiger partial charge in [-0.25, -0.2) is 4.98 Å². The van der Waals surface area contributed by atoms with Crippen molar-refractivity contribution in [2.45, 2.75) is 0 Å². The molecule has 1 fully saturated rings. The summed E-state index contributed by atoms with van der Waals surface area (Å²) in [5.74, 6) is 1.11. The molecule has 4 heteroatoms. The molecular weight excluding hydrogens is 161 g/mol. The summed E-state index contributed by atoms with van der Waals surface area (Å²) < 4.78 is 0. The first-order chi connectivity index (χ1) is 6.36. The number of hydrogen-bond donors (Lipinski definition) is 1. The molecule has 13 heavy (non-hydrogen) atoms. The number of rotatable bonds is 1. The van der Waals surface area contributed by atoms with E-state index in [4.69, 9.17) is 0 Å². The van der Waals surface area contributed by atoms with Gasteiger partial charge in [0.1, 0.15) is 5.82 Å². The number of nitrogens with zero attached hydrogens (tertiary/aromatic N) is 2. The van der Waals surface area contributed by atoms with Gasteiger partial charge in [-0.15, -0.1) is 0 Å². The van der Waals surface area contributed by atoms with Crippen molar-refractivity contribution in [2.75, 3.05) is 31.1 Å². The molecule has 1 aliphatic rings. The Morgan fingerprint density at radius 2 is 2.08 bits per heavy atom. The van der Waals surface area contributed by atoms with Gasteiger partial charge in [-0.2, -0.15) is 0 Å². The highest BCUT2D eigenvalue weighted by atomic mass is 15.2. The van der Waals surface area contributed by atoms with E-state index in [1.807, 2.05) is 13.9 Å². The Bertz CT molecular complexity index is 284. The van der Waals surface area contributed by atoms with Crippen LogP contribution in [-0.2, 0) is 0 Å². The van der Waals surface area contributed by atoms with Crippen molar-refractivity contribution in [3.8, 4) is 0 Å². The monoisotopic (exact) mass is 175 g/mol. The molecule has 0 amide bonds. The first kappa shape index (κ1) is 8.57. The Morgan fingerprint density at radius 1 is 1.31 bits per heavy atom. The fourth-order valence-electron chi connectivity index (χ4n) is 1.60. The van der Waals surface area contributed by atoms with E-state index in [1.54, 1.807) is 0 Å². The van der Waals surface area contributed by atoms with Gasteiger partial charge in [-0.3, -0.25) is 0 Å². The van der Waals surface area contributed by atoms with Crippen LogP contribution in [0.3, 0.4) is 0 Å². The maximum atomic E-state index is 4.50. The number of hydrogen-bond acceptors (Lipinski definition) is 3. The minimum absolute atomic E-state index is 1.07. The largest absolute Gasteiger partial charge is 0.354 e. The molecule has 0 bridgehead atoms. The normalized spacial score (nSPS) is 17.4. The second-order valence-electron chi connectivity index (χ2n) is 3.37. The average Bonchev–Trinajstić information content (AvgIpc) is 2.19. The van der Waals surface area contributed by atoms with Gasteiger partial charge in [-0.1, -0.05) is 12.1 Å². The lowest BCUT2D eigenvalue weighted by molar-refractivity contribution is 0.585. The maximum Gasteiger partial charge on any atom is 0.164 e. The first-order valence-corrected chi connectivity index (χ1v) is 4.75. The Labute approximate surface area is 79.6 Å². The van der Waals surface area contributed by atoms with Gasteiger partial charge in [0.15, 0.2) is 7.85 Å². The highest BCUT2D eigenvalue weighted by molar-refractivity contribution is 6.30. The molecular formula is C9H14BN3. The zero-order valence-electron chi connectivity index (χ0n) is 7.95. The van der Waals surface area contributed by atoms with Crippen LogP contribution in [0, 0.1) is 0 Å². The van der Waals surface area contributed by atoms with E-state index in [1.165, 1.54) is 0 Å². The number of piperazine rings is 1. The van der Waals surface area contributed by atoms with Crippen molar-refractivity contribution >= 4 is 19.3 Å². The molecule has 0 aromatic carbocycles. The Balaban J connectivity index is 2.14. The molecule has 0 unspecified atom stereocenters. The SMILES string of the molecule is Bc1cccc(N2CCNCC2)n1. The van der Waals surface area contributed by atoms with Crippen LogP contribution in [0.1, 0.15) is 0 Å². The van der Waals surface area contributed by atoms with Gasteiger partial charge in [-0.05, 0) is 11.7 Å². The van der Waals surface area contributed by atoms with Gasteiger partial charge >= 0.3 is 0 Å². The standard InChI is InChI=1S/C9H14BN3/c10-8-2-1-3-9(12-8)13-6-4-11-5-7-13/h1-3,11H,4-7,10H2. The molecule has 1 saturated heterocycles. The van der Waals surface area contributed by atoms with Crippen LogP contribution in [0.5, 0.6) is 0 Å². The quantitative estimate of drug-likeness (QED) is 0.540. The van der Waals surface area contributed by atoms with Crippen LogP contribution < -0.4 is 15.8 Å². The zero-order chi connectivity index (χ0) is 9.10. The third-order valence-corrected chi connectivity index (χ3v) is 2.31. The minimum Gasteiger partial charge on any atom is -0.354 e. The lowest BCUT2D eigenvalue weighted by Gasteiger charge is -2.28. The van der Waals surface area contributed by atoms with Gasteiger partial charge in [0, 0.05) is 26.2 Å². The van der Waals surface area contributed by atoms with E-state index in [0.29, 0.717) is 0 Å². The number of aromatic nitrogens is 1. The third kappa shape index (κ3) is 2.01. The number of anilines is 1. The zero-order valence-corrected chi connectivity index (χ0v) is 7.95. The molecule has 2 heterocycles. The van der Waals surface area contributed by atoms with E-state index >= 15 is 0 Å². The third-order valence-electron chi connectivity index (χ3n) is 2.31. The van der Waals surface area contributed by atoms with Gasteiger partial charge in [0.2, 0.25) is 0 Å².